The molecule has 11 heteroatoms. The van der Waals surface area contributed by atoms with E-state index >= 15 is 0 Å². The molecule has 1 amide bonds. The molecule has 6 rings (SSSR count). The predicted molar refractivity (Wildman–Crippen MR) is 147 cm³/mol. The van der Waals surface area contributed by atoms with Crippen molar-refractivity contribution in [2.75, 3.05) is 4.90 Å². The van der Waals surface area contributed by atoms with Gasteiger partial charge in [0.05, 0.1) is 29.1 Å². The number of carboxylic acids is 1. The highest BCUT2D eigenvalue weighted by atomic mass is 32.1. The third-order valence-electron chi connectivity index (χ3n) is 7.28. The molecule has 0 radical (unpaired) electrons. The van der Waals surface area contributed by atoms with Crippen molar-refractivity contribution in [1.82, 2.24) is 29.4 Å². The van der Waals surface area contributed by atoms with E-state index < -0.39 is 5.97 Å². The van der Waals surface area contributed by atoms with Gasteiger partial charge in [0.1, 0.15) is 5.56 Å². The fraction of sp³-hybridized carbons (Fsp3) is 0.286. The Labute approximate surface area is 228 Å². The topological polar surface area (TPSA) is 119 Å². The van der Waals surface area contributed by atoms with Crippen molar-refractivity contribution in [2.45, 2.75) is 39.2 Å². The smallest absolute Gasteiger partial charge is 0.341 e. The van der Waals surface area contributed by atoms with E-state index in [0.29, 0.717) is 17.3 Å². The molecule has 1 N–H and O–H groups in total. The second kappa shape index (κ2) is 10.4. The quantitative estimate of drug-likeness (QED) is 0.305. The normalized spacial score (nSPS) is 17.4. The fourth-order valence-corrected chi connectivity index (χ4v) is 5.62. The molecule has 0 atom stereocenters. The predicted octanol–water partition coefficient (Wildman–Crippen LogP) is 5.10. The van der Waals surface area contributed by atoms with Crippen molar-refractivity contribution in [3.05, 3.63) is 77.1 Å². The number of amides is 1. The van der Waals surface area contributed by atoms with Crippen molar-refractivity contribution < 1.29 is 14.7 Å². The number of fused-ring (bicyclic) bond motifs is 1. The Balaban J connectivity index is 1.33. The Bertz CT molecular complexity index is 1580. The average Bonchev–Trinajstić information content (AvgIpc) is 3.71. The van der Waals surface area contributed by atoms with Crippen LogP contribution in [-0.2, 0) is 11.3 Å². The Morgan fingerprint density at radius 3 is 2.59 bits per heavy atom. The molecule has 1 aliphatic rings. The summed E-state index contributed by atoms with van der Waals surface area (Å²) in [5.74, 6) is -0.674. The molecule has 0 aliphatic heterocycles. The van der Waals surface area contributed by atoms with Crippen molar-refractivity contribution >= 4 is 34.7 Å². The monoisotopic (exact) mass is 541 g/mol. The van der Waals surface area contributed by atoms with E-state index in [0.717, 1.165) is 42.6 Å². The van der Waals surface area contributed by atoms with E-state index in [9.17, 15) is 14.7 Å². The van der Waals surface area contributed by atoms with Gasteiger partial charge in [-0.1, -0.05) is 19.1 Å². The largest absolute Gasteiger partial charge is 0.477 e. The highest BCUT2D eigenvalue weighted by Crippen LogP contribution is 2.33. The van der Waals surface area contributed by atoms with Gasteiger partial charge in [0.15, 0.2) is 11.5 Å². The molecule has 1 aliphatic carbocycles. The molecule has 4 aromatic heterocycles. The number of nitrogens with zero attached hydrogens (tertiary/aromatic N) is 7. The van der Waals surface area contributed by atoms with Crippen LogP contribution < -0.4 is 4.90 Å². The number of hydrogen-bond donors (Lipinski definition) is 1. The van der Waals surface area contributed by atoms with Crippen LogP contribution in [0.25, 0.3) is 22.6 Å². The van der Waals surface area contributed by atoms with Crippen molar-refractivity contribution in [3.8, 4) is 16.9 Å². The molecular formula is C28H27N7O3S. The summed E-state index contributed by atoms with van der Waals surface area (Å²) in [6.07, 6.45) is 8.56. The molecule has 0 saturated heterocycles. The number of benzene rings is 1. The minimum atomic E-state index is -1.14. The Morgan fingerprint density at radius 2 is 1.90 bits per heavy atom. The van der Waals surface area contributed by atoms with Gasteiger partial charge >= 0.3 is 5.97 Å². The number of aromatic carboxylic acids is 1. The highest BCUT2D eigenvalue weighted by Gasteiger charge is 2.33. The summed E-state index contributed by atoms with van der Waals surface area (Å²) in [6.45, 7) is 2.38. The number of aromatic nitrogens is 6. The van der Waals surface area contributed by atoms with E-state index in [4.69, 9.17) is 0 Å². The Hall–Kier alpha value is -4.38. The zero-order valence-corrected chi connectivity index (χ0v) is 22.2. The number of thiazole rings is 1. The molecule has 10 nitrogen and oxygen atoms in total. The maximum absolute atomic E-state index is 13.8. The van der Waals surface area contributed by atoms with Gasteiger partial charge in [-0.05, 0) is 49.8 Å². The first kappa shape index (κ1) is 24.9. The lowest BCUT2D eigenvalue weighted by atomic mass is 9.82. The zero-order valence-electron chi connectivity index (χ0n) is 21.3. The summed E-state index contributed by atoms with van der Waals surface area (Å²) < 4.78 is 3.22. The standard InChI is InChI=1S/C28H27N7O3S/c1-18-3-5-20(6-4-18)27(36)33(14-21-16-39-17-30-21)26-23(28(37)38)15-35(32-26)22-9-7-19(8-10-22)24-13-25-29-11-2-12-34(25)31-24/h2,7-13,15-18,20H,3-6,14H2,1H3,(H,37,38). The summed E-state index contributed by atoms with van der Waals surface area (Å²) >= 11 is 1.44. The molecule has 4 heterocycles. The second-order valence-corrected chi connectivity index (χ2v) is 10.7. The van der Waals surface area contributed by atoms with E-state index in [1.165, 1.54) is 27.1 Å². The molecular weight excluding hydrogens is 514 g/mol. The zero-order chi connectivity index (χ0) is 26.9. The van der Waals surface area contributed by atoms with Gasteiger partial charge in [-0.15, -0.1) is 16.4 Å². The van der Waals surface area contributed by atoms with Crippen LogP contribution in [0.2, 0.25) is 0 Å². The van der Waals surface area contributed by atoms with Gasteiger partial charge in [0.2, 0.25) is 5.91 Å². The molecule has 5 aromatic rings. The average molecular weight is 542 g/mol. The maximum Gasteiger partial charge on any atom is 0.341 e. The third kappa shape index (κ3) is 5.05. The summed E-state index contributed by atoms with van der Waals surface area (Å²) in [4.78, 5) is 36.3. The molecule has 1 fully saturated rings. The molecule has 1 aromatic carbocycles. The SMILES string of the molecule is CC1CCC(C(=O)N(Cc2cscn2)c2nn(-c3ccc(-c4cc5ncccn5n4)cc3)cc2C(=O)O)CC1. The van der Waals surface area contributed by atoms with Crippen molar-refractivity contribution in [2.24, 2.45) is 11.8 Å². The number of carbonyl (C=O) groups excluding carboxylic acids is 1. The third-order valence-corrected chi connectivity index (χ3v) is 7.91. The van der Waals surface area contributed by atoms with Gasteiger partial charge in [0, 0.05) is 41.5 Å². The van der Waals surface area contributed by atoms with Crippen LogP contribution in [0.3, 0.4) is 0 Å². The van der Waals surface area contributed by atoms with Crippen LogP contribution in [0.5, 0.6) is 0 Å². The first-order valence-electron chi connectivity index (χ1n) is 12.9. The van der Waals surface area contributed by atoms with E-state index in [1.54, 1.807) is 16.2 Å². The van der Waals surface area contributed by atoms with Crippen LogP contribution in [-0.4, -0.2) is 46.3 Å². The van der Waals surface area contributed by atoms with Crippen LogP contribution >= 0.6 is 11.3 Å². The molecule has 198 valence electrons. The second-order valence-electron chi connectivity index (χ2n) is 9.98. The van der Waals surface area contributed by atoms with E-state index in [2.05, 4.69) is 27.1 Å². The number of carboxylic acid groups (broad SMARTS) is 1. The summed E-state index contributed by atoms with van der Waals surface area (Å²) in [7, 11) is 0. The molecule has 0 spiro atoms. The van der Waals surface area contributed by atoms with Crippen molar-refractivity contribution in [1.29, 1.82) is 0 Å². The molecule has 0 unspecified atom stereocenters. The number of rotatable bonds is 7. The van der Waals surface area contributed by atoms with Crippen molar-refractivity contribution in [3.63, 3.8) is 0 Å². The maximum atomic E-state index is 13.8. The summed E-state index contributed by atoms with van der Waals surface area (Å²) in [5.41, 5.74) is 5.46. The fourth-order valence-electron chi connectivity index (χ4n) is 5.07. The highest BCUT2D eigenvalue weighted by molar-refractivity contribution is 7.07. The van der Waals surface area contributed by atoms with Gasteiger partial charge in [0.25, 0.3) is 0 Å². The van der Waals surface area contributed by atoms with Gasteiger partial charge in [-0.3, -0.25) is 9.69 Å². The minimum absolute atomic E-state index is 0.0294. The van der Waals surface area contributed by atoms with Gasteiger partial charge in [-0.25, -0.2) is 24.0 Å². The first-order chi connectivity index (χ1) is 19.0. The lowest BCUT2D eigenvalue weighted by Gasteiger charge is -2.30. The van der Waals surface area contributed by atoms with Crippen LogP contribution in [0.4, 0.5) is 5.82 Å². The summed E-state index contributed by atoms with van der Waals surface area (Å²) in [5, 5.41) is 21.1. The number of anilines is 1. The Kier molecular flexibility index (Phi) is 6.65. The lowest BCUT2D eigenvalue weighted by molar-refractivity contribution is -0.123. The molecule has 39 heavy (non-hydrogen) atoms. The first-order valence-corrected chi connectivity index (χ1v) is 13.8. The van der Waals surface area contributed by atoms with E-state index in [1.807, 2.05) is 48.0 Å². The van der Waals surface area contributed by atoms with Crippen LogP contribution in [0, 0.1) is 11.8 Å². The molecule has 1 saturated carbocycles. The van der Waals surface area contributed by atoms with E-state index in [-0.39, 0.29) is 29.8 Å². The van der Waals surface area contributed by atoms with Crippen LogP contribution in [0.1, 0.15) is 48.7 Å². The number of carbonyl (C=O) groups is 2. The molecule has 0 bridgehead atoms. The lowest BCUT2D eigenvalue weighted by Crippen LogP contribution is -2.38. The Morgan fingerprint density at radius 1 is 1.10 bits per heavy atom. The van der Waals surface area contributed by atoms with Gasteiger partial charge in [-0.2, -0.15) is 5.10 Å². The minimum Gasteiger partial charge on any atom is -0.477 e. The van der Waals surface area contributed by atoms with Crippen LogP contribution in [0.15, 0.2) is 65.9 Å². The van der Waals surface area contributed by atoms with Gasteiger partial charge < -0.3 is 5.11 Å². The summed E-state index contributed by atoms with van der Waals surface area (Å²) in [6, 6.07) is 11.2. The number of hydrogen-bond acceptors (Lipinski definition) is 7.